The third-order valence-electron chi connectivity index (χ3n) is 4.51. The Balaban J connectivity index is 1.82. The van der Waals surface area contributed by atoms with Gasteiger partial charge in [0.1, 0.15) is 6.61 Å². The van der Waals surface area contributed by atoms with Crippen molar-refractivity contribution >= 4 is 5.96 Å². The first kappa shape index (κ1) is 23.7. The number of ether oxygens (including phenoxy) is 1. The fourth-order valence-electron chi connectivity index (χ4n) is 2.91. The monoisotopic (exact) mass is 422 g/mol. The van der Waals surface area contributed by atoms with Gasteiger partial charge in [0.05, 0.1) is 12.6 Å². The summed E-state index contributed by atoms with van der Waals surface area (Å²) in [6, 6.07) is 17.7. The van der Waals surface area contributed by atoms with Crippen LogP contribution in [0.3, 0.4) is 0 Å². The minimum atomic E-state index is -4.31. The highest BCUT2D eigenvalue weighted by Crippen LogP contribution is 2.17. The van der Waals surface area contributed by atoms with E-state index in [-0.39, 0.29) is 12.6 Å². The van der Waals surface area contributed by atoms with Crippen LogP contribution in [0.4, 0.5) is 13.2 Å². The molecule has 0 aliphatic heterocycles. The molecule has 0 bridgehead atoms. The molecule has 30 heavy (non-hydrogen) atoms. The van der Waals surface area contributed by atoms with Crippen molar-refractivity contribution in [3.05, 3.63) is 71.3 Å². The van der Waals surface area contributed by atoms with Gasteiger partial charge in [-0.1, -0.05) is 54.6 Å². The Morgan fingerprint density at radius 1 is 1.00 bits per heavy atom. The zero-order valence-electron chi connectivity index (χ0n) is 17.5. The van der Waals surface area contributed by atoms with E-state index in [1.54, 1.807) is 19.2 Å². The van der Waals surface area contributed by atoms with Crippen molar-refractivity contribution in [3.8, 4) is 0 Å². The highest BCUT2D eigenvalue weighted by molar-refractivity contribution is 5.79. The second-order valence-corrected chi connectivity index (χ2v) is 7.12. The summed E-state index contributed by atoms with van der Waals surface area (Å²) < 4.78 is 41.1. The maximum absolute atomic E-state index is 12.1. The summed E-state index contributed by atoms with van der Waals surface area (Å²) in [7, 11) is 5.79. The molecule has 0 aliphatic carbocycles. The Hall–Kier alpha value is -2.58. The first-order valence-electron chi connectivity index (χ1n) is 9.66. The van der Waals surface area contributed by atoms with E-state index in [9.17, 15) is 13.2 Å². The van der Waals surface area contributed by atoms with Gasteiger partial charge in [-0.05, 0) is 30.8 Å². The van der Waals surface area contributed by atoms with E-state index in [1.165, 1.54) is 5.56 Å². The van der Waals surface area contributed by atoms with E-state index in [4.69, 9.17) is 0 Å². The Kier molecular flexibility index (Phi) is 9.14. The fraction of sp³-hybridized carbons (Fsp3) is 0.409. The number of likely N-dealkylation sites (N-methyl/N-ethyl adjacent to an activating group) is 1. The third-order valence-corrected chi connectivity index (χ3v) is 4.51. The van der Waals surface area contributed by atoms with Crippen LogP contribution in [0.1, 0.15) is 22.7 Å². The quantitative estimate of drug-likeness (QED) is 0.478. The first-order valence-corrected chi connectivity index (χ1v) is 9.66. The van der Waals surface area contributed by atoms with Crippen LogP contribution in [0.25, 0.3) is 0 Å². The number of alkyl halides is 3. The molecule has 1 unspecified atom stereocenters. The molecule has 0 aliphatic rings. The predicted molar refractivity (Wildman–Crippen MR) is 113 cm³/mol. The minimum absolute atomic E-state index is 0.0676. The Morgan fingerprint density at radius 3 is 2.20 bits per heavy atom. The van der Waals surface area contributed by atoms with E-state index in [1.807, 2.05) is 44.4 Å². The summed E-state index contributed by atoms with van der Waals surface area (Å²) in [5, 5.41) is 6.60. The van der Waals surface area contributed by atoms with E-state index < -0.39 is 12.8 Å². The SMILES string of the molecule is CN=C(NCc1ccc(COCC(F)(F)F)cc1)NCC(c1ccccc1)N(C)C. The van der Waals surface area contributed by atoms with Crippen LogP contribution >= 0.6 is 0 Å². The second kappa shape index (κ2) is 11.6. The highest BCUT2D eigenvalue weighted by Gasteiger charge is 2.27. The lowest BCUT2D eigenvalue weighted by molar-refractivity contribution is -0.176. The fourth-order valence-corrected chi connectivity index (χ4v) is 2.91. The maximum atomic E-state index is 12.1. The number of halogens is 3. The number of hydrogen-bond donors (Lipinski definition) is 2. The van der Waals surface area contributed by atoms with Crippen molar-refractivity contribution < 1.29 is 17.9 Å². The Labute approximate surface area is 176 Å². The van der Waals surface area contributed by atoms with Crippen molar-refractivity contribution in [2.24, 2.45) is 4.99 Å². The molecular formula is C22H29F3N4O. The van der Waals surface area contributed by atoms with Gasteiger partial charge in [-0.3, -0.25) is 4.99 Å². The van der Waals surface area contributed by atoms with Crippen molar-refractivity contribution in [1.82, 2.24) is 15.5 Å². The van der Waals surface area contributed by atoms with Crippen molar-refractivity contribution in [1.29, 1.82) is 0 Å². The molecule has 0 saturated carbocycles. The summed E-state index contributed by atoms with van der Waals surface area (Å²) in [6.07, 6.45) is -4.31. The number of benzene rings is 2. The summed E-state index contributed by atoms with van der Waals surface area (Å²) in [5.41, 5.74) is 2.90. The number of hydrogen-bond acceptors (Lipinski definition) is 3. The number of aliphatic imine (C=N–C) groups is 1. The topological polar surface area (TPSA) is 48.9 Å². The summed E-state index contributed by atoms with van der Waals surface area (Å²) in [6.45, 7) is -0.0788. The molecule has 0 aromatic heterocycles. The van der Waals surface area contributed by atoms with Crippen LogP contribution in [0.5, 0.6) is 0 Å². The van der Waals surface area contributed by atoms with Crippen LogP contribution in [0, 0.1) is 0 Å². The van der Waals surface area contributed by atoms with Crippen molar-refractivity contribution in [3.63, 3.8) is 0 Å². The lowest BCUT2D eigenvalue weighted by atomic mass is 10.1. The Bertz CT molecular complexity index is 777. The summed E-state index contributed by atoms with van der Waals surface area (Å²) in [5.74, 6) is 0.676. The third kappa shape index (κ3) is 8.42. The molecule has 0 fully saturated rings. The first-order chi connectivity index (χ1) is 14.3. The molecule has 2 rings (SSSR count). The highest BCUT2D eigenvalue weighted by atomic mass is 19.4. The molecule has 0 spiro atoms. The van der Waals surface area contributed by atoms with E-state index in [0.717, 1.165) is 5.56 Å². The summed E-state index contributed by atoms with van der Waals surface area (Å²) >= 11 is 0. The van der Waals surface area contributed by atoms with Gasteiger partial charge < -0.3 is 20.3 Å². The zero-order valence-corrected chi connectivity index (χ0v) is 17.5. The molecule has 1 atom stereocenters. The second-order valence-electron chi connectivity index (χ2n) is 7.12. The molecule has 2 aromatic rings. The van der Waals surface area contributed by atoms with Gasteiger partial charge in [-0.2, -0.15) is 13.2 Å². The smallest absolute Gasteiger partial charge is 0.367 e. The van der Waals surface area contributed by atoms with Crippen LogP contribution in [-0.2, 0) is 17.9 Å². The molecule has 2 N–H and O–H groups in total. The average molecular weight is 422 g/mol. The van der Waals surface area contributed by atoms with Gasteiger partial charge in [-0.25, -0.2) is 0 Å². The normalized spacial score (nSPS) is 13.4. The molecule has 5 nitrogen and oxygen atoms in total. The van der Waals surface area contributed by atoms with Crippen LogP contribution < -0.4 is 10.6 Å². The van der Waals surface area contributed by atoms with Crippen molar-refractivity contribution in [2.75, 3.05) is 34.3 Å². The molecule has 0 amide bonds. The molecule has 2 aromatic carbocycles. The molecule has 0 saturated heterocycles. The maximum Gasteiger partial charge on any atom is 0.411 e. The van der Waals surface area contributed by atoms with Gasteiger partial charge in [-0.15, -0.1) is 0 Å². The lowest BCUT2D eigenvalue weighted by Crippen LogP contribution is -2.41. The molecule has 164 valence electrons. The number of rotatable bonds is 9. The van der Waals surface area contributed by atoms with Crippen LogP contribution in [0.2, 0.25) is 0 Å². The largest absolute Gasteiger partial charge is 0.411 e. The average Bonchev–Trinajstić information content (AvgIpc) is 2.71. The molecule has 0 heterocycles. The number of guanidine groups is 1. The molecular weight excluding hydrogens is 393 g/mol. The molecule has 0 radical (unpaired) electrons. The van der Waals surface area contributed by atoms with Crippen LogP contribution in [0.15, 0.2) is 59.6 Å². The number of nitrogens with zero attached hydrogens (tertiary/aromatic N) is 2. The standard InChI is InChI=1S/C22H29F3N4O/c1-26-21(28-14-20(29(2)3)19-7-5-4-6-8-19)27-13-17-9-11-18(12-10-17)15-30-16-22(23,24)25/h4-12,20H,13-16H2,1-3H3,(H2,26,27,28). The summed E-state index contributed by atoms with van der Waals surface area (Å²) in [4.78, 5) is 6.41. The predicted octanol–water partition coefficient (Wildman–Crippen LogP) is 3.73. The van der Waals surface area contributed by atoms with Gasteiger partial charge in [0.2, 0.25) is 0 Å². The Morgan fingerprint density at radius 2 is 1.63 bits per heavy atom. The zero-order chi connectivity index (χ0) is 22.0. The van der Waals surface area contributed by atoms with Crippen molar-refractivity contribution in [2.45, 2.75) is 25.4 Å². The van der Waals surface area contributed by atoms with Gasteiger partial charge >= 0.3 is 6.18 Å². The van der Waals surface area contributed by atoms with Gasteiger partial charge in [0.15, 0.2) is 5.96 Å². The lowest BCUT2D eigenvalue weighted by Gasteiger charge is -2.26. The van der Waals surface area contributed by atoms with Gasteiger partial charge in [0.25, 0.3) is 0 Å². The van der Waals surface area contributed by atoms with Crippen LogP contribution in [-0.4, -0.2) is 51.3 Å². The van der Waals surface area contributed by atoms with E-state index >= 15 is 0 Å². The van der Waals surface area contributed by atoms with E-state index in [0.29, 0.717) is 24.6 Å². The molecule has 8 heteroatoms. The minimum Gasteiger partial charge on any atom is -0.367 e. The van der Waals surface area contributed by atoms with E-state index in [2.05, 4.69) is 37.4 Å². The number of nitrogens with one attached hydrogen (secondary N) is 2. The van der Waals surface area contributed by atoms with Gasteiger partial charge in [0, 0.05) is 20.1 Å².